The number of benzene rings is 1. The molecule has 1 amide bonds. The molecule has 116 valence electrons. The highest BCUT2D eigenvalue weighted by molar-refractivity contribution is 9.10. The molecule has 6 heteroatoms. The lowest BCUT2D eigenvalue weighted by Crippen LogP contribution is -2.25. The lowest BCUT2D eigenvalue weighted by molar-refractivity contribution is 0.0954. The van der Waals surface area contributed by atoms with Crippen LogP contribution in [0.15, 0.2) is 58.6 Å². The van der Waals surface area contributed by atoms with Crippen LogP contribution in [-0.2, 0) is 6.42 Å². The van der Waals surface area contributed by atoms with Gasteiger partial charge in [0.25, 0.3) is 5.91 Å². The van der Waals surface area contributed by atoms with Gasteiger partial charge in [-0.25, -0.2) is 4.98 Å². The monoisotopic (exact) mass is 387 g/mol. The van der Waals surface area contributed by atoms with Gasteiger partial charge in [-0.1, -0.05) is 15.9 Å². The molecule has 0 fully saturated rings. The van der Waals surface area contributed by atoms with E-state index in [0.29, 0.717) is 12.1 Å². The molecular formula is C17H14BrN3OS. The van der Waals surface area contributed by atoms with Crippen LogP contribution in [0.2, 0.25) is 0 Å². The summed E-state index contributed by atoms with van der Waals surface area (Å²) >= 11 is 4.96. The second kappa shape index (κ2) is 7.48. The zero-order chi connectivity index (χ0) is 16.1. The lowest BCUT2D eigenvalue weighted by atomic mass is 10.2. The van der Waals surface area contributed by atoms with Crippen molar-refractivity contribution in [1.82, 2.24) is 15.3 Å². The summed E-state index contributed by atoms with van der Waals surface area (Å²) in [6.07, 6.45) is 4.23. The molecule has 0 aliphatic heterocycles. The molecule has 3 rings (SSSR count). The minimum atomic E-state index is -0.0663. The minimum absolute atomic E-state index is 0.0663. The molecule has 4 nitrogen and oxygen atoms in total. The van der Waals surface area contributed by atoms with Crippen molar-refractivity contribution in [3.8, 4) is 11.3 Å². The first kappa shape index (κ1) is 15.8. The number of rotatable bonds is 5. The fourth-order valence-corrected chi connectivity index (χ4v) is 3.14. The number of aromatic nitrogens is 2. The van der Waals surface area contributed by atoms with Gasteiger partial charge >= 0.3 is 0 Å². The Morgan fingerprint density at radius 2 is 1.87 bits per heavy atom. The number of halogens is 1. The van der Waals surface area contributed by atoms with E-state index in [9.17, 15) is 4.79 Å². The first-order valence-electron chi connectivity index (χ1n) is 7.11. The molecule has 3 aromatic rings. The van der Waals surface area contributed by atoms with Crippen LogP contribution in [0.5, 0.6) is 0 Å². The summed E-state index contributed by atoms with van der Waals surface area (Å²) < 4.78 is 0.959. The number of amides is 1. The van der Waals surface area contributed by atoms with Gasteiger partial charge in [0, 0.05) is 46.3 Å². The summed E-state index contributed by atoms with van der Waals surface area (Å²) in [5, 5.41) is 5.95. The van der Waals surface area contributed by atoms with Crippen LogP contribution in [0.25, 0.3) is 11.3 Å². The third kappa shape index (κ3) is 4.24. The van der Waals surface area contributed by atoms with Crippen LogP contribution in [0.3, 0.4) is 0 Å². The number of pyridine rings is 1. The van der Waals surface area contributed by atoms with Gasteiger partial charge in [-0.05, 0) is 36.4 Å². The maximum atomic E-state index is 12.0. The van der Waals surface area contributed by atoms with Gasteiger partial charge in [-0.2, -0.15) is 0 Å². The number of nitrogens with zero attached hydrogens (tertiary/aromatic N) is 2. The number of nitrogens with one attached hydrogen (secondary N) is 1. The van der Waals surface area contributed by atoms with Crippen LogP contribution in [-0.4, -0.2) is 22.4 Å². The minimum Gasteiger partial charge on any atom is -0.352 e. The van der Waals surface area contributed by atoms with E-state index in [4.69, 9.17) is 0 Å². The van der Waals surface area contributed by atoms with Crippen LogP contribution in [0, 0.1) is 0 Å². The smallest absolute Gasteiger partial charge is 0.251 e. The highest BCUT2D eigenvalue weighted by Crippen LogP contribution is 2.21. The molecule has 0 bridgehead atoms. The zero-order valence-corrected chi connectivity index (χ0v) is 14.6. The highest BCUT2D eigenvalue weighted by Gasteiger charge is 2.07. The maximum absolute atomic E-state index is 12.0. The van der Waals surface area contributed by atoms with Gasteiger partial charge in [-0.15, -0.1) is 11.3 Å². The first-order chi connectivity index (χ1) is 11.2. The van der Waals surface area contributed by atoms with Crippen LogP contribution < -0.4 is 5.32 Å². The van der Waals surface area contributed by atoms with Gasteiger partial charge in [-0.3, -0.25) is 9.78 Å². The average molecular weight is 388 g/mol. The standard InChI is InChI=1S/C17H14BrN3OS/c18-14-3-1-13(2-4-14)17(22)20-10-7-16-21-15(11-23-16)12-5-8-19-9-6-12/h1-6,8-9,11H,7,10H2,(H,20,22). The molecule has 2 aromatic heterocycles. The first-order valence-corrected chi connectivity index (χ1v) is 8.78. The summed E-state index contributed by atoms with van der Waals surface area (Å²) in [5.41, 5.74) is 2.66. The summed E-state index contributed by atoms with van der Waals surface area (Å²) in [4.78, 5) is 20.6. The van der Waals surface area contributed by atoms with Gasteiger partial charge in [0.15, 0.2) is 0 Å². The Balaban J connectivity index is 1.54. The van der Waals surface area contributed by atoms with E-state index in [1.54, 1.807) is 35.9 Å². The van der Waals surface area contributed by atoms with Crippen LogP contribution in [0.1, 0.15) is 15.4 Å². The van der Waals surface area contributed by atoms with E-state index in [0.717, 1.165) is 27.2 Å². The number of carbonyl (C=O) groups is 1. The van der Waals surface area contributed by atoms with E-state index in [2.05, 4.69) is 31.2 Å². The third-order valence-corrected chi connectivity index (χ3v) is 4.70. The Bertz CT molecular complexity index is 787. The summed E-state index contributed by atoms with van der Waals surface area (Å²) in [6, 6.07) is 11.2. The highest BCUT2D eigenvalue weighted by atomic mass is 79.9. The molecule has 23 heavy (non-hydrogen) atoms. The van der Waals surface area contributed by atoms with Gasteiger partial charge < -0.3 is 5.32 Å². The summed E-state index contributed by atoms with van der Waals surface area (Å²) in [6.45, 7) is 0.568. The molecule has 0 saturated heterocycles. The van der Waals surface area contributed by atoms with Crippen molar-refractivity contribution >= 4 is 33.2 Å². The number of hydrogen-bond acceptors (Lipinski definition) is 4. The van der Waals surface area contributed by atoms with Crippen molar-refractivity contribution in [3.05, 3.63) is 69.2 Å². The molecular weight excluding hydrogens is 374 g/mol. The molecule has 0 spiro atoms. The van der Waals surface area contributed by atoms with Crippen molar-refractivity contribution in [2.75, 3.05) is 6.54 Å². The molecule has 0 aliphatic rings. The van der Waals surface area contributed by atoms with Crippen molar-refractivity contribution < 1.29 is 4.79 Å². The second-order valence-electron chi connectivity index (χ2n) is 4.88. The Hall–Kier alpha value is -2.05. The van der Waals surface area contributed by atoms with Crippen molar-refractivity contribution in [1.29, 1.82) is 0 Å². The largest absolute Gasteiger partial charge is 0.352 e. The van der Waals surface area contributed by atoms with Gasteiger partial charge in [0.05, 0.1) is 10.7 Å². The Kier molecular flexibility index (Phi) is 5.15. The molecule has 0 saturated carbocycles. The predicted molar refractivity (Wildman–Crippen MR) is 95.5 cm³/mol. The van der Waals surface area contributed by atoms with E-state index < -0.39 is 0 Å². The normalized spacial score (nSPS) is 10.5. The Morgan fingerprint density at radius 1 is 1.13 bits per heavy atom. The predicted octanol–water partition coefficient (Wildman–Crippen LogP) is 3.94. The molecule has 2 heterocycles. The Morgan fingerprint density at radius 3 is 2.61 bits per heavy atom. The fraction of sp³-hybridized carbons (Fsp3) is 0.118. The van der Waals surface area contributed by atoms with E-state index in [1.165, 1.54) is 0 Å². The second-order valence-corrected chi connectivity index (χ2v) is 6.73. The van der Waals surface area contributed by atoms with Crippen molar-refractivity contribution in [2.24, 2.45) is 0 Å². The number of carbonyl (C=O) groups excluding carboxylic acids is 1. The molecule has 0 unspecified atom stereocenters. The molecule has 0 radical (unpaired) electrons. The van der Waals surface area contributed by atoms with Crippen molar-refractivity contribution in [2.45, 2.75) is 6.42 Å². The zero-order valence-electron chi connectivity index (χ0n) is 12.2. The van der Waals surface area contributed by atoms with Crippen LogP contribution in [0.4, 0.5) is 0 Å². The molecule has 1 N–H and O–H groups in total. The summed E-state index contributed by atoms with van der Waals surface area (Å²) in [5.74, 6) is -0.0663. The summed E-state index contributed by atoms with van der Waals surface area (Å²) in [7, 11) is 0. The number of thiazole rings is 1. The fourth-order valence-electron chi connectivity index (χ4n) is 2.07. The lowest BCUT2D eigenvalue weighted by Gasteiger charge is -2.04. The topological polar surface area (TPSA) is 54.9 Å². The molecule has 0 atom stereocenters. The average Bonchev–Trinajstić information content (AvgIpc) is 3.05. The van der Waals surface area contributed by atoms with E-state index in [1.807, 2.05) is 29.6 Å². The number of hydrogen-bond donors (Lipinski definition) is 1. The van der Waals surface area contributed by atoms with Gasteiger partial charge in [0.2, 0.25) is 0 Å². The van der Waals surface area contributed by atoms with E-state index in [-0.39, 0.29) is 5.91 Å². The van der Waals surface area contributed by atoms with Crippen LogP contribution >= 0.6 is 27.3 Å². The molecule has 0 aliphatic carbocycles. The Labute approximate surface area is 146 Å². The quantitative estimate of drug-likeness (QED) is 0.721. The van der Waals surface area contributed by atoms with Gasteiger partial charge in [0.1, 0.15) is 0 Å². The maximum Gasteiger partial charge on any atom is 0.251 e. The van der Waals surface area contributed by atoms with E-state index >= 15 is 0 Å². The third-order valence-electron chi connectivity index (χ3n) is 3.26. The molecule has 1 aromatic carbocycles. The van der Waals surface area contributed by atoms with Crippen molar-refractivity contribution in [3.63, 3.8) is 0 Å². The SMILES string of the molecule is O=C(NCCc1nc(-c2ccncc2)cs1)c1ccc(Br)cc1.